The zero-order valence-electron chi connectivity index (χ0n) is 12.8. The summed E-state index contributed by atoms with van der Waals surface area (Å²) in [5, 5.41) is 10.5. The molecule has 0 aliphatic carbocycles. The van der Waals surface area contributed by atoms with Crippen LogP contribution in [0.3, 0.4) is 0 Å². The summed E-state index contributed by atoms with van der Waals surface area (Å²) in [5.41, 5.74) is -0.527. The van der Waals surface area contributed by atoms with Crippen molar-refractivity contribution in [3.05, 3.63) is 28.4 Å². The van der Waals surface area contributed by atoms with Crippen LogP contribution < -0.4 is 4.74 Å². The van der Waals surface area contributed by atoms with Crippen LogP contribution >= 0.6 is 0 Å². The van der Waals surface area contributed by atoms with E-state index in [1.165, 1.54) is 18.3 Å². The summed E-state index contributed by atoms with van der Waals surface area (Å²) in [6, 6.07) is 2.72. The van der Waals surface area contributed by atoms with Crippen molar-refractivity contribution in [1.29, 1.82) is 0 Å². The van der Waals surface area contributed by atoms with E-state index in [0.29, 0.717) is 18.9 Å². The second-order valence-corrected chi connectivity index (χ2v) is 6.04. The van der Waals surface area contributed by atoms with Crippen molar-refractivity contribution in [3.8, 4) is 5.75 Å². The van der Waals surface area contributed by atoms with Gasteiger partial charge in [-0.15, -0.1) is 0 Å². The van der Waals surface area contributed by atoms with Gasteiger partial charge in [-0.05, 0) is 43.2 Å². The Labute approximate surface area is 128 Å². The molecule has 0 bridgehead atoms. The second-order valence-electron chi connectivity index (χ2n) is 6.04. The number of carbonyl (C=O) groups excluding carboxylic acids is 1. The largest absolute Gasteiger partial charge is 0.487 e. The van der Waals surface area contributed by atoms with Crippen molar-refractivity contribution < 1.29 is 19.2 Å². The standard InChI is InChI=1S/C14H19N3O5/c1-14(2,3)22-13(18)16-7-6-10(16)9-21-11-4-5-12(15-8-11)17(19)20/h4-5,8,10H,6-7,9H2,1-3H3/t10-/m0/s1. The van der Waals surface area contributed by atoms with E-state index in [1.54, 1.807) is 4.90 Å². The Kier molecular flexibility index (Phi) is 4.48. The maximum atomic E-state index is 11.9. The van der Waals surface area contributed by atoms with Crippen molar-refractivity contribution in [2.75, 3.05) is 13.2 Å². The summed E-state index contributed by atoms with van der Waals surface area (Å²) < 4.78 is 10.8. The van der Waals surface area contributed by atoms with E-state index in [2.05, 4.69) is 4.98 Å². The van der Waals surface area contributed by atoms with E-state index < -0.39 is 10.5 Å². The average molecular weight is 309 g/mol. The second kappa shape index (κ2) is 6.17. The van der Waals surface area contributed by atoms with Gasteiger partial charge in [-0.2, -0.15) is 0 Å². The molecule has 8 nitrogen and oxygen atoms in total. The predicted octanol–water partition coefficient (Wildman–Crippen LogP) is 2.38. The Bertz CT molecular complexity index is 553. The molecule has 2 heterocycles. The van der Waals surface area contributed by atoms with Crippen molar-refractivity contribution in [2.24, 2.45) is 0 Å². The molecule has 22 heavy (non-hydrogen) atoms. The van der Waals surface area contributed by atoms with Gasteiger partial charge in [0.25, 0.3) is 0 Å². The van der Waals surface area contributed by atoms with Crippen LogP contribution in [-0.4, -0.2) is 45.7 Å². The number of pyridine rings is 1. The lowest BCUT2D eigenvalue weighted by molar-refractivity contribution is -0.389. The van der Waals surface area contributed by atoms with Crippen LogP contribution in [0.2, 0.25) is 0 Å². The van der Waals surface area contributed by atoms with E-state index in [-0.39, 0.29) is 18.0 Å². The smallest absolute Gasteiger partial charge is 0.410 e. The van der Waals surface area contributed by atoms with Crippen molar-refractivity contribution in [1.82, 2.24) is 9.88 Å². The Morgan fingerprint density at radius 2 is 2.23 bits per heavy atom. The summed E-state index contributed by atoms with van der Waals surface area (Å²) in [5.74, 6) is 0.202. The molecule has 1 atom stereocenters. The van der Waals surface area contributed by atoms with Crippen molar-refractivity contribution >= 4 is 11.9 Å². The van der Waals surface area contributed by atoms with Gasteiger partial charge in [0.15, 0.2) is 11.9 Å². The molecule has 0 unspecified atom stereocenters. The molecule has 1 fully saturated rings. The molecule has 0 radical (unpaired) electrons. The van der Waals surface area contributed by atoms with E-state index in [1.807, 2.05) is 20.8 Å². The van der Waals surface area contributed by atoms with E-state index in [0.717, 1.165) is 6.42 Å². The van der Waals surface area contributed by atoms with Gasteiger partial charge in [0.2, 0.25) is 0 Å². The first-order valence-electron chi connectivity index (χ1n) is 6.99. The maximum Gasteiger partial charge on any atom is 0.410 e. The van der Waals surface area contributed by atoms with Crippen LogP contribution in [-0.2, 0) is 4.74 Å². The zero-order chi connectivity index (χ0) is 16.3. The third-order valence-corrected chi connectivity index (χ3v) is 3.12. The number of hydrogen-bond acceptors (Lipinski definition) is 6. The minimum atomic E-state index is -0.569. The molecular formula is C14H19N3O5. The monoisotopic (exact) mass is 309 g/mol. The van der Waals surface area contributed by atoms with Crippen LogP contribution in [0.25, 0.3) is 0 Å². The average Bonchev–Trinajstić information content (AvgIpc) is 2.35. The number of likely N-dealkylation sites (tertiary alicyclic amines) is 1. The molecule has 1 amide bonds. The molecule has 1 aromatic heterocycles. The Morgan fingerprint density at radius 1 is 1.50 bits per heavy atom. The van der Waals surface area contributed by atoms with Crippen LogP contribution in [0.5, 0.6) is 5.75 Å². The number of nitro groups is 1. The Balaban J connectivity index is 1.84. The molecule has 8 heteroatoms. The summed E-state index contributed by atoms with van der Waals surface area (Å²) >= 11 is 0. The lowest BCUT2D eigenvalue weighted by Gasteiger charge is -2.40. The molecule has 0 aromatic carbocycles. The van der Waals surface area contributed by atoms with E-state index in [4.69, 9.17) is 9.47 Å². The van der Waals surface area contributed by atoms with Gasteiger partial charge >= 0.3 is 11.9 Å². The Hall–Kier alpha value is -2.38. The fourth-order valence-electron chi connectivity index (χ4n) is 1.93. The Morgan fingerprint density at radius 3 is 2.68 bits per heavy atom. The summed E-state index contributed by atoms with van der Waals surface area (Å²) in [6.07, 6.45) is 1.78. The minimum absolute atomic E-state index is 0.0509. The van der Waals surface area contributed by atoms with Crippen molar-refractivity contribution in [3.63, 3.8) is 0 Å². The number of rotatable bonds is 4. The van der Waals surface area contributed by atoms with Gasteiger partial charge in [0.05, 0.1) is 6.04 Å². The molecule has 1 aliphatic heterocycles. The van der Waals surface area contributed by atoms with Crippen LogP contribution in [0, 0.1) is 10.1 Å². The molecule has 1 aromatic rings. The molecule has 0 saturated carbocycles. The molecule has 1 saturated heterocycles. The fourth-order valence-corrected chi connectivity index (χ4v) is 1.93. The highest BCUT2D eigenvalue weighted by Gasteiger charge is 2.35. The van der Waals surface area contributed by atoms with Crippen LogP contribution in [0.1, 0.15) is 27.2 Å². The van der Waals surface area contributed by atoms with Crippen LogP contribution in [0.15, 0.2) is 18.3 Å². The molecule has 120 valence electrons. The van der Waals surface area contributed by atoms with E-state index in [9.17, 15) is 14.9 Å². The lowest BCUT2D eigenvalue weighted by atomic mass is 10.1. The first-order valence-corrected chi connectivity index (χ1v) is 6.99. The molecule has 0 spiro atoms. The summed E-state index contributed by atoms with van der Waals surface area (Å²) in [7, 11) is 0. The number of amides is 1. The number of nitrogens with zero attached hydrogens (tertiary/aromatic N) is 3. The highest BCUT2D eigenvalue weighted by atomic mass is 16.6. The minimum Gasteiger partial charge on any atom is -0.487 e. The molecule has 0 N–H and O–H groups in total. The number of ether oxygens (including phenoxy) is 2. The summed E-state index contributed by atoms with van der Waals surface area (Å²) in [4.78, 5) is 27.2. The normalized spacial score (nSPS) is 17.6. The zero-order valence-corrected chi connectivity index (χ0v) is 12.8. The number of hydrogen-bond donors (Lipinski definition) is 0. The van der Waals surface area contributed by atoms with Gasteiger partial charge < -0.3 is 24.5 Å². The predicted molar refractivity (Wildman–Crippen MR) is 77.7 cm³/mol. The highest BCUT2D eigenvalue weighted by molar-refractivity contribution is 5.69. The lowest BCUT2D eigenvalue weighted by Crippen LogP contribution is -2.55. The quantitative estimate of drug-likeness (QED) is 0.626. The van der Waals surface area contributed by atoms with Crippen molar-refractivity contribution in [2.45, 2.75) is 38.8 Å². The third kappa shape index (κ3) is 4.06. The van der Waals surface area contributed by atoms with Gasteiger partial charge in [-0.1, -0.05) is 0 Å². The summed E-state index contributed by atoms with van der Waals surface area (Å²) in [6.45, 7) is 6.40. The third-order valence-electron chi connectivity index (χ3n) is 3.12. The van der Waals surface area contributed by atoms with Gasteiger partial charge in [-0.25, -0.2) is 4.79 Å². The first kappa shape index (κ1) is 16.0. The molecule has 2 rings (SSSR count). The number of aromatic nitrogens is 1. The first-order chi connectivity index (χ1) is 10.3. The molecular weight excluding hydrogens is 290 g/mol. The van der Waals surface area contributed by atoms with Crippen LogP contribution in [0.4, 0.5) is 10.6 Å². The number of carbonyl (C=O) groups is 1. The molecule has 1 aliphatic rings. The van der Waals surface area contributed by atoms with Gasteiger partial charge in [-0.3, -0.25) is 0 Å². The SMILES string of the molecule is CC(C)(C)OC(=O)N1CC[C@H]1COc1ccc([N+](=O)[O-])nc1. The maximum absolute atomic E-state index is 11.9. The highest BCUT2D eigenvalue weighted by Crippen LogP contribution is 2.22. The van der Waals surface area contributed by atoms with Gasteiger partial charge in [0, 0.05) is 12.6 Å². The topological polar surface area (TPSA) is 94.8 Å². The van der Waals surface area contributed by atoms with Gasteiger partial charge in [0.1, 0.15) is 12.2 Å². The fraction of sp³-hybridized carbons (Fsp3) is 0.571. The van der Waals surface area contributed by atoms with E-state index >= 15 is 0 Å².